The van der Waals surface area contributed by atoms with Crippen molar-refractivity contribution in [3.8, 4) is 0 Å². The van der Waals surface area contributed by atoms with Crippen LogP contribution in [-0.4, -0.2) is 59.7 Å². The molecule has 0 N–H and O–H groups in total. The molecule has 0 aliphatic rings. The van der Waals surface area contributed by atoms with Crippen LogP contribution in [0.3, 0.4) is 0 Å². The molecule has 0 atom stereocenters. The monoisotopic (exact) mass is 702 g/mol. The summed E-state index contributed by atoms with van der Waals surface area (Å²) in [6.07, 6.45) is -24.2. The molecule has 0 amide bonds. The van der Waals surface area contributed by atoms with Crippen LogP contribution in [0.1, 0.15) is 0 Å². The summed E-state index contributed by atoms with van der Waals surface area (Å²) in [5.41, 5.74) is 0. The van der Waals surface area contributed by atoms with E-state index in [1.807, 2.05) is 0 Å². The molecule has 0 unspecified atom stereocenters. The van der Waals surface area contributed by atoms with E-state index in [4.69, 9.17) is 0 Å². The molecule has 27 heteroatoms. The Kier molecular flexibility index (Phi) is 12.2. The molecule has 0 aliphatic heterocycles. The van der Waals surface area contributed by atoms with Crippen LogP contribution in [0.4, 0.5) is 114 Å². The van der Waals surface area contributed by atoms with E-state index in [0.29, 0.717) is 0 Å². The van der Waals surface area contributed by atoms with E-state index in [-0.39, 0.29) is 19.5 Å². The first-order valence-electron chi connectivity index (χ1n) is 7.41. The predicted octanol–water partition coefficient (Wildman–Crippen LogP) is 9.03. The van der Waals surface area contributed by atoms with Gasteiger partial charge in [0.05, 0.1) is 12.9 Å². The van der Waals surface area contributed by atoms with Crippen LogP contribution in [0.25, 0.3) is 0 Å². The Morgan fingerprint density at radius 3 is 0.513 bits per heavy atom. The van der Waals surface area contributed by atoms with Crippen LogP contribution in [-0.2, 0) is 19.5 Å². The van der Waals surface area contributed by atoms with Gasteiger partial charge in [0.15, 0.2) is 0 Å². The van der Waals surface area contributed by atoms with E-state index >= 15 is 0 Å². The largest absolute Gasteiger partial charge is 2.00 e. The van der Waals surface area contributed by atoms with E-state index in [9.17, 15) is 114 Å². The number of hydrogen-bond donors (Lipinski definition) is 0. The Bertz CT molecular complexity index is 718. The maximum Gasteiger partial charge on any atom is 2.00 e. The molecule has 39 heavy (non-hydrogen) atoms. The fourth-order valence-electron chi connectivity index (χ4n) is 1.38. The van der Waals surface area contributed by atoms with E-state index in [0.717, 1.165) is 0 Å². The molecule has 0 aromatic carbocycles. The summed E-state index contributed by atoms with van der Waals surface area (Å²) in [6.45, 7) is 0. The molecule has 0 nitrogen and oxygen atoms in total. The quantitative estimate of drug-likeness (QED) is 0.135. The third-order valence-electron chi connectivity index (χ3n) is 3.55. The van der Waals surface area contributed by atoms with Crippen molar-refractivity contribution in [2.75, 3.05) is 0 Å². The Labute approximate surface area is 207 Å². The minimum Gasteiger partial charge on any atom is -0.415 e. The minimum atomic E-state index is -7.80. The number of alkyl halides is 22. The summed E-state index contributed by atoms with van der Waals surface area (Å²) < 4.78 is 309. The van der Waals surface area contributed by atoms with Gasteiger partial charge in [0.2, 0.25) is 0 Å². The van der Waals surface area contributed by atoms with E-state index < -0.39 is 72.6 Å². The fourth-order valence-corrected chi connectivity index (χ4v) is 1.38. The first kappa shape index (κ1) is 42.3. The smallest absolute Gasteiger partial charge is 0.415 e. The maximum absolute atomic E-state index is 12.3. The van der Waals surface area contributed by atoms with Gasteiger partial charge in [-0.15, -0.1) is 0 Å². The molecule has 0 aliphatic carbocycles. The second kappa shape index (κ2) is 11.2. The third kappa shape index (κ3) is 6.50. The Balaban J connectivity index is -0.000000648. The van der Waals surface area contributed by atoms with Gasteiger partial charge < -0.3 is 17.6 Å². The Morgan fingerprint density at radius 1 is 0.256 bits per heavy atom. The normalized spacial score (nSPS) is 15.7. The Morgan fingerprint density at radius 2 is 0.410 bits per heavy atom. The predicted molar refractivity (Wildman–Crippen MR) is 62.6 cm³/mol. The van der Waals surface area contributed by atoms with Gasteiger partial charge in [0.25, 0.3) is 11.8 Å². The summed E-state index contributed by atoms with van der Waals surface area (Å²) in [6, 6.07) is 0. The zero-order valence-electron chi connectivity index (χ0n) is 16.5. The molecular formula is C12F26Zn. The molecule has 0 bridgehead atoms. The van der Waals surface area contributed by atoms with Crippen molar-refractivity contribution < 1.29 is 134 Å². The number of halogens is 26. The van der Waals surface area contributed by atoms with Crippen LogP contribution in [0.15, 0.2) is 0 Å². The zero-order valence-corrected chi connectivity index (χ0v) is 19.5. The summed E-state index contributed by atoms with van der Waals surface area (Å²) >= 11 is 0. The number of hydrogen-bond acceptors (Lipinski definition) is 0. The standard InChI is InChI=1S/2C6F13.Zn/c2*7-1(8)2(9,10)3(11,12)4(13,14)5(15,16)6(17,18)19;/q2*-1;+2. The second-order valence-electron chi connectivity index (χ2n) is 6.11. The average Bonchev–Trinajstić information content (AvgIpc) is 2.65. The molecule has 0 aromatic heterocycles. The van der Waals surface area contributed by atoms with Gasteiger partial charge in [-0.25, -0.2) is 17.6 Å². The summed E-state index contributed by atoms with van der Waals surface area (Å²) in [4.78, 5) is 0. The maximum atomic E-state index is 12.3. The van der Waals surface area contributed by atoms with Crippen LogP contribution < -0.4 is 0 Å². The first-order chi connectivity index (χ1) is 15.9. The van der Waals surface area contributed by atoms with Crippen molar-refractivity contribution in [3.63, 3.8) is 0 Å². The molecule has 0 radical (unpaired) electrons. The van der Waals surface area contributed by atoms with E-state index in [1.54, 1.807) is 0 Å². The molecule has 0 fully saturated rings. The van der Waals surface area contributed by atoms with Crippen molar-refractivity contribution >= 4 is 0 Å². The summed E-state index contributed by atoms with van der Waals surface area (Å²) in [5, 5.41) is 0. The molecule has 0 rings (SSSR count). The molecule has 0 saturated carbocycles. The van der Waals surface area contributed by atoms with Gasteiger partial charge in [0, 0.05) is 0 Å². The first-order valence-corrected chi connectivity index (χ1v) is 7.41. The van der Waals surface area contributed by atoms with Gasteiger partial charge in [-0.1, -0.05) is 0 Å². The molecule has 0 heterocycles. The summed E-state index contributed by atoms with van der Waals surface area (Å²) in [5.74, 6) is -60.6. The summed E-state index contributed by atoms with van der Waals surface area (Å²) in [7, 11) is 0. The molecule has 232 valence electrons. The zero-order chi connectivity index (χ0) is 32.2. The van der Waals surface area contributed by atoms with Gasteiger partial charge in [-0.05, 0) is 0 Å². The number of rotatable bonds is 8. The minimum absolute atomic E-state index is 0. The van der Waals surface area contributed by atoms with Gasteiger partial charge >= 0.3 is 67.4 Å². The van der Waals surface area contributed by atoms with Crippen molar-refractivity contribution in [2.45, 2.75) is 59.7 Å². The van der Waals surface area contributed by atoms with Gasteiger partial charge in [0.1, 0.15) is 0 Å². The fraction of sp³-hybridized carbons (Fsp3) is 0.833. The van der Waals surface area contributed by atoms with Crippen LogP contribution in [0, 0.1) is 12.9 Å². The molecule has 0 spiro atoms. The third-order valence-corrected chi connectivity index (χ3v) is 3.55. The Hall–Kier alpha value is -1.20. The van der Waals surface area contributed by atoms with Gasteiger partial charge in [-0.2, -0.15) is 79.0 Å². The van der Waals surface area contributed by atoms with Crippen molar-refractivity contribution in [3.05, 3.63) is 12.9 Å². The second-order valence-corrected chi connectivity index (χ2v) is 6.11. The molecule has 0 saturated heterocycles. The topological polar surface area (TPSA) is 0 Å². The van der Waals surface area contributed by atoms with Crippen LogP contribution in [0.2, 0.25) is 0 Å². The van der Waals surface area contributed by atoms with Crippen LogP contribution >= 0.6 is 0 Å². The van der Waals surface area contributed by atoms with Gasteiger partial charge in [-0.3, -0.25) is 0 Å². The van der Waals surface area contributed by atoms with E-state index in [2.05, 4.69) is 0 Å². The molecular weight excluding hydrogens is 703 g/mol. The molecule has 0 aromatic rings. The van der Waals surface area contributed by atoms with Crippen molar-refractivity contribution in [1.29, 1.82) is 0 Å². The SMILES string of the molecule is F[C-](F)C(F)(F)C(F)(F)C(F)(F)C(F)(F)C(F)(F)F.F[C-](F)C(F)(F)C(F)(F)C(F)(F)C(F)(F)C(F)(F)F.[Zn+2]. The average molecular weight is 703 g/mol. The van der Waals surface area contributed by atoms with Crippen molar-refractivity contribution in [1.82, 2.24) is 0 Å². The van der Waals surface area contributed by atoms with Crippen LogP contribution in [0.5, 0.6) is 0 Å². The van der Waals surface area contributed by atoms with E-state index in [1.165, 1.54) is 0 Å². The van der Waals surface area contributed by atoms with Crippen molar-refractivity contribution in [2.24, 2.45) is 0 Å².